The van der Waals surface area contributed by atoms with Gasteiger partial charge in [0.2, 0.25) is 0 Å². The fourth-order valence-corrected chi connectivity index (χ4v) is 2.51. The summed E-state index contributed by atoms with van der Waals surface area (Å²) >= 11 is 5.97. The van der Waals surface area contributed by atoms with Crippen LogP contribution in [-0.2, 0) is 6.61 Å². The summed E-state index contributed by atoms with van der Waals surface area (Å²) in [5.74, 6) is 0.822. The van der Waals surface area contributed by atoms with Gasteiger partial charge in [0.25, 0.3) is 0 Å². The van der Waals surface area contributed by atoms with E-state index < -0.39 is 0 Å². The smallest absolute Gasteiger partial charge is 0.119 e. The second-order valence-corrected chi connectivity index (χ2v) is 6.02. The van der Waals surface area contributed by atoms with Gasteiger partial charge in [0, 0.05) is 11.2 Å². The molecule has 0 aliphatic rings. The van der Waals surface area contributed by atoms with Crippen LogP contribution in [0.3, 0.4) is 0 Å². The minimum atomic E-state index is 0.497. The number of hydrogen-bond donors (Lipinski definition) is 0. The molecule has 3 rings (SSSR count). The molecule has 0 aromatic heterocycles. The molecule has 0 atom stereocenters. The molecule has 0 N–H and O–H groups in total. The van der Waals surface area contributed by atoms with Gasteiger partial charge in [-0.1, -0.05) is 35.9 Å². The Balaban J connectivity index is 1.61. The molecular formula is C21H18ClNO. The Morgan fingerprint density at radius 2 is 1.75 bits per heavy atom. The highest BCUT2D eigenvalue weighted by molar-refractivity contribution is 6.30. The van der Waals surface area contributed by atoms with E-state index in [1.54, 1.807) is 0 Å². The van der Waals surface area contributed by atoms with Crippen molar-refractivity contribution in [3.63, 3.8) is 0 Å². The summed E-state index contributed by atoms with van der Waals surface area (Å²) in [5, 5.41) is 0.721. The van der Waals surface area contributed by atoms with E-state index in [0.29, 0.717) is 6.61 Å². The van der Waals surface area contributed by atoms with Gasteiger partial charge in [0.05, 0.1) is 5.69 Å². The third-order valence-corrected chi connectivity index (χ3v) is 3.77. The average Bonchev–Trinajstić information content (AvgIpc) is 2.59. The summed E-state index contributed by atoms with van der Waals surface area (Å²) < 4.78 is 5.78. The Morgan fingerprint density at radius 3 is 2.50 bits per heavy atom. The van der Waals surface area contributed by atoms with Crippen LogP contribution >= 0.6 is 11.6 Å². The van der Waals surface area contributed by atoms with Crippen molar-refractivity contribution in [2.24, 2.45) is 4.99 Å². The maximum atomic E-state index is 5.97. The van der Waals surface area contributed by atoms with Crippen molar-refractivity contribution in [2.75, 3.05) is 0 Å². The molecule has 3 aromatic carbocycles. The Kier molecular flexibility index (Phi) is 5.29. The number of ether oxygens (including phenoxy) is 1. The van der Waals surface area contributed by atoms with Gasteiger partial charge < -0.3 is 4.74 Å². The SMILES string of the molecule is Cc1cccc(N=Cc2ccc(OCc3cccc(Cl)c3)cc2)c1. The molecule has 0 fully saturated rings. The lowest BCUT2D eigenvalue weighted by Crippen LogP contribution is -1.95. The fourth-order valence-electron chi connectivity index (χ4n) is 2.30. The van der Waals surface area contributed by atoms with E-state index in [-0.39, 0.29) is 0 Å². The molecular weight excluding hydrogens is 318 g/mol. The van der Waals surface area contributed by atoms with Crippen LogP contribution in [0.15, 0.2) is 77.8 Å². The second kappa shape index (κ2) is 7.80. The summed E-state index contributed by atoms with van der Waals surface area (Å²) in [6, 6.07) is 23.7. The summed E-state index contributed by atoms with van der Waals surface area (Å²) in [6.07, 6.45) is 1.86. The van der Waals surface area contributed by atoms with Gasteiger partial charge in [-0.15, -0.1) is 0 Å². The third kappa shape index (κ3) is 4.71. The van der Waals surface area contributed by atoms with Crippen LogP contribution in [-0.4, -0.2) is 6.21 Å². The molecule has 0 radical (unpaired) electrons. The Hall–Kier alpha value is -2.58. The minimum absolute atomic E-state index is 0.497. The predicted octanol–water partition coefficient (Wildman–Crippen LogP) is 5.98. The van der Waals surface area contributed by atoms with Crippen LogP contribution in [0, 0.1) is 6.92 Å². The monoisotopic (exact) mass is 335 g/mol. The van der Waals surface area contributed by atoms with E-state index >= 15 is 0 Å². The number of nitrogens with zero attached hydrogens (tertiary/aromatic N) is 1. The molecule has 0 bridgehead atoms. The number of halogens is 1. The number of benzene rings is 3. The molecule has 3 aromatic rings. The van der Waals surface area contributed by atoms with E-state index in [0.717, 1.165) is 27.6 Å². The zero-order valence-electron chi connectivity index (χ0n) is 13.4. The van der Waals surface area contributed by atoms with Crippen LogP contribution in [0.5, 0.6) is 5.75 Å². The molecule has 0 unspecified atom stereocenters. The first-order valence-electron chi connectivity index (χ1n) is 7.77. The van der Waals surface area contributed by atoms with Crippen molar-refractivity contribution in [3.8, 4) is 5.75 Å². The number of aliphatic imine (C=N–C) groups is 1. The highest BCUT2D eigenvalue weighted by Crippen LogP contribution is 2.17. The number of aryl methyl sites for hydroxylation is 1. The first kappa shape index (κ1) is 16.3. The fraction of sp³-hybridized carbons (Fsp3) is 0.0952. The lowest BCUT2D eigenvalue weighted by Gasteiger charge is -2.06. The molecule has 0 amide bonds. The first-order valence-corrected chi connectivity index (χ1v) is 8.15. The Labute approximate surface area is 147 Å². The standard InChI is InChI=1S/C21H18ClNO/c1-16-4-2-7-20(12-16)23-14-17-8-10-21(11-9-17)24-15-18-5-3-6-19(22)13-18/h2-14H,15H2,1H3. The molecule has 0 aliphatic heterocycles. The first-order chi connectivity index (χ1) is 11.7. The summed E-state index contributed by atoms with van der Waals surface area (Å²) in [6.45, 7) is 2.56. The van der Waals surface area contributed by atoms with Crippen molar-refractivity contribution in [2.45, 2.75) is 13.5 Å². The van der Waals surface area contributed by atoms with Gasteiger partial charge in [-0.05, 0) is 72.1 Å². The van der Waals surface area contributed by atoms with Crippen LogP contribution in [0.2, 0.25) is 5.02 Å². The molecule has 0 spiro atoms. The average molecular weight is 336 g/mol. The molecule has 0 aliphatic carbocycles. The van der Waals surface area contributed by atoms with E-state index in [1.807, 2.05) is 66.9 Å². The summed E-state index contributed by atoms with van der Waals surface area (Å²) in [7, 11) is 0. The third-order valence-electron chi connectivity index (χ3n) is 3.54. The molecule has 0 heterocycles. The molecule has 0 saturated carbocycles. The van der Waals surface area contributed by atoms with Gasteiger partial charge in [-0.25, -0.2) is 0 Å². The highest BCUT2D eigenvalue weighted by Gasteiger charge is 1.98. The van der Waals surface area contributed by atoms with E-state index in [4.69, 9.17) is 16.3 Å². The highest BCUT2D eigenvalue weighted by atomic mass is 35.5. The molecule has 0 saturated heterocycles. The maximum Gasteiger partial charge on any atom is 0.119 e. The normalized spacial score (nSPS) is 10.9. The lowest BCUT2D eigenvalue weighted by molar-refractivity contribution is 0.306. The van der Waals surface area contributed by atoms with Crippen molar-refractivity contribution >= 4 is 23.5 Å². The van der Waals surface area contributed by atoms with Gasteiger partial charge in [0.1, 0.15) is 12.4 Å². The van der Waals surface area contributed by atoms with Gasteiger partial charge in [-0.2, -0.15) is 0 Å². The Morgan fingerprint density at radius 1 is 0.958 bits per heavy atom. The van der Waals surface area contributed by atoms with Gasteiger partial charge >= 0.3 is 0 Å². The zero-order valence-corrected chi connectivity index (χ0v) is 14.2. The molecule has 3 heteroatoms. The lowest BCUT2D eigenvalue weighted by atomic mass is 10.2. The summed E-state index contributed by atoms with van der Waals surface area (Å²) in [5.41, 5.74) is 4.24. The Bertz CT molecular complexity index is 840. The van der Waals surface area contributed by atoms with Crippen LogP contribution in [0.1, 0.15) is 16.7 Å². The van der Waals surface area contributed by atoms with Crippen molar-refractivity contribution in [1.82, 2.24) is 0 Å². The number of rotatable bonds is 5. The molecule has 24 heavy (non-hydrogen) atoms. The van der Waals surface area contributed by atoms with Gasteiger partial charge in [0.15, 0.2) is 0 Å². The van der Waals surface area contributed by atoms with Crippen molar-refractivity contribution in [1.29, 1.82) is 0 Å². The summed E-state index contributed by atoms with van der Waals surface area (Å²) in [4.78, 5) is 4.49. The maximum absolute atomic E-state index is 5.97. The minimum Gasteiger partial charge on any atom is -0.489 e. The zero-order chi connectivity index (χ0) is 16.8. The van der Waals surface area contributed by atoms with E-state index in [9.17, 15) is 0 Å². The van der Waals surface area contributed by atoms with Crippen LogP contribution in [0.25, 0.3) is 0 Å². The second-order valence-electron chi connectivity index (χ2n) is 5.58. The van der Waals surface area contributed by atoms with Crippen molar-refractivity contribution in [3.05, 3.63) is 94.5 Å². The molecule has 120 valence electrons. The van der Waals surface area contributed by atoms with Crippen LogP contribution < -0.4 is 4.74 Å². The molecule has 2 nitrogen and oxygen atoms in total. The quantitative estimate of drug-likeness (QED) is 0.526. The predicted molar refractivity (Wildman–Crippen MR) is 101 cm³/mol. The van der Waals surface area contributed by atoms with E-state index in [1.165, 1.54) is 5.56 Å². The largest absolute Gasteiger partial charge is 0.489 e. The number of hydrogen-bond acceptors (Lipinski definition) is 2. The van der Waals surface area contributed by atoms with Crippen molar-refractivity contribution < 1.29 is 4.74 Å². The topological polar surface area (TPSA) is 21.6 Å². The van der Waals surface area contributed by atoms with Gasteiger partial charge in [-0.3, -0.25) is 4.99 Å². The van der Waals surface area contributed by atoms with E-state index in [2.05, 4.69) is 24.0 Å². The van der Waals surface area contributed by atoms with Crippen LogP contribution in [0.4, 0.5) is 5.69 Å².